The zero-order valence-electron chi connectivity index (χ0n) is 14.2. The van der Waals surface area contributed by atoms with Crippen LogP contribution < -0.4 is 0 Å². The summed E-state index contributed by atoms with van der Waals surface area (Å²) in [5, 5.41) is 9.19. The molecule has 1 aromatic carbocycles. The number of amides is 1. The van der Waals surface area contributed by atoms with E-state index in [-0.39, 0.29) is 17.2 Å². The van der Waals surface area contributed by atoms with Crippen LogP contribution in [0.5, 0.6) is 0 Å². The summed E-state index contributed by atoms with van der Waals surface area (Å²) >= 11 is 1.56. The maximum Gasteiger partial charge on any atom is 0.327 e. The van der Waals surface area contributed by atoms with Crippen LogP contribution in [0.1, 0.15) is 44.7 Å². The third kappa shape index (κ3) is 4.08. The summed E-state index contributed by atoms with van der Waals surface area (Å²) in [7, 11) is 0. The fourth-order valence-corrected chi connectivity index (χ4v) is 4.68. The first kappa shape index (κ1) is 17.9. The Bertz CT molecular complexity index is 570. The molecule has 1 N–H and O–H groups in total. The van der Waals surface area contributed by atoms with E-state index in [9.17, 15) is 14.7 Å². The zero-order chi connectivity index (χ0) is 17.1. The van der Waals surface area contributed by atoms with Gasteiger partial charge in [0, 0.05) is 18.6 Å². The summed E-state index contributed by atoms with van der Waals surface area (Å²) in [6.45, 7) is 7.91. The molecule has 1 aromatic rings. The fourth-order valence-electron chi connectivity index (χ4n) is 3.10. The molecule has 0 spiro atoms. The van der Waals surface area contributed by atoms with Gasteiger partial charge in [0.1, 0.15) is 6.04 Å². The molecule has 0 aromatic heterocycles. The highest BCUT2D eigenvalue weighted by Crippen LogP contribution is 2.38. The number of rotatable bonds is 5. The van der Waals surface area contributed by atoms with Crippen molar-refractivity contribution in [3.63, 3.8) is 0 Å². The van der Waals surface area contributed by atoms with Crippen molar-refractivity contribution in [3.8, 4) is 0 Å². The second kappa shape index (κ2) is 7.39. The molecule has 0 bridgehead atoms. The Morgan fingerprint density at radius 3 is 2.35 bits per heavy atom. The lowest BCUT2D eigenvalue weighted by Crippen LogP contribution is -2.46. The standard InChI is InChI=1S/C18H25NO3S/c1-11(2)9-14-5-7-15(8-6-14)12(3)17-19(13(4)20)16(10-23-17)18(21)22/h5-8,11-12,16-17H,9-10H2,1-4H3,(H,21,22)/t12-,16-,17?/m0/s1. The van der Waals surface area contributed by atoms with Crippen molar-refractivity contribution in [1.29, 1.82) is 0 Å². The van der Waals surface area contributed by atoms with Gasteiger partial charge in [-0.1, -0.05) is 45.0 Å². The van der Waals surface area contributed by atoms with Gasteiger partial charge in [-0.05, 0) is 23.5 Å². The van der Waals surface area contributed by atoms with E-state index < -0.39 is 12.0 Å². The number of hydrogen-bond acceptors (Lipinski definition) is 3. The van der Waals surface area contributed by atoms with E-state index in [1.807, 2.05) is 0 Å². The molecule has 1 aliphatic rings. The van der Waals surface area contributed by atoms with Gasteiger partial charge in [-0.2, -0.15) is 0 Å². The van der Waals surface area contributed by atoms with Crippen LogP contribution in [0.15, 0.2) is 24.3 Å². The Labute approximate surface area is 142 Å². The number of aliphatic carboxylic acids is 1. The van der Waals surface area contributed by atoms with Gasteiger partial charge in [0.05, 0.1) is 5.37 Å². The number of thioether (sulfide) groups is 1. The van der Waals surface area contributed by atoms with Gasteiger partial charge in [0.25, 0.3) is 0 Å². The quantitative estimate of drug-likeness (QED) is 0.896. The van der Waals surface area contributed by atoms with Crippen LogP contribution in [0.25, 0.3) is 0 Å². The number of benzene rings is 1. The van der Waals surface area contributed by atoms with E-state index in [1.54, 1.807) is 11.8 Å². The number of carbonyl (C=O) groups excluding carboxylic acids is 1. The fraction of sp³-hybridized carbons (Fsp3) is 0.556. The first-order chi connectivity index (χ1) is 10.8. The van der Waals surface area contributed by atoms with Crippen LogP contribution >= 0.6 is 11.8 Å². The normalized spacial score (nSPS) is 22.4. The van der Waals surface area contributed by atoms with Gasteiger partial charge < -0.3 is 10.0 Å². The minimum atomic E-state index is -0.922. The van der Waals surface area contributed by atoms with Crippen molar-refractivity contribution in [2.75, 3.05) is 5.75 Å². The molecule has 1 fully saturated rings. The van der Waals surface area contributed by atoms with Crippen LogP contribution in [0.4, 0.5) is 0 Å². The van der Waals surface area contributed by atoms with Crippen molar-refractivity contribution in [2.45, 2.75) is 51.4 Å². The number of hydrogen-bond donors (Lipinski definition) is 1. The van der Waals surface area contributed by atoms with Gasteiger partial charge in [0.2, 0.25) is 5.91 Å². The summed E-state index contributed by atoms with van der Waals surface area (Å²) in [6.07, 6.45) is 1.05. The van der Waals surface area contributed by atoms with Gasteiger partial charge in [-0.15, -0.1) is 11.8 Å². The average molecular weight is 335 g/mol. The van der Waals surface area contributed by atoms with Crippen molar-refractivity contribution < 1.29 is 14.7 Å². The van der Waals surface area contributed by atoms with E-state index in [2.05, 4.69) is 45.0 Å². The van der Waals surface area contributed by atoms with Crippen molar-refractivity contribution in [2.24, 2.45) is 5.92 Å². The molecule has 2 rings (SSSR count). The molecular formula is C18H25NO3S. The SMILES string of the molecule is CC(=O)N1C([C@@H](C)c2ccc(CC(C)C)cc2)SC[C@H]1C(=O)O. The Kier molecular flexibility index (Phi) is 5.74. The third-order valence-electron chi connectivity index (χ3n) is 4.26. The lowest BCUT2D eigenvalue weighted by molar-refractivity contribution is -0.148. The molecule has 1 aliphatic heterocycles. The smallest absolute Gasteiger partial charge is 0.327 e. The second-order valence-electron chi connectivity index (χ2n) is 6.63. The molecule has 126 valence electrons. The van der Waals surface area contributed by atoms with E-state index in [1.165, 1.54) is 17.4 Å². The van der Waals surface area contributed by atoms with Crippen LogP contribution in [0.3, 0.4) is 0 Å². The number of carbonyl (C=O) groups is 2. The molecule has 1 unspecified atom stereocenters. The molecule has 3 atom stereocenters. The highest BCUT2D eigenvalue weighted by atomic mass is 32.2. The molecule has 0 aliphatic carbocycles. The summed E-state index contributed by atoms with van der Waals surface area (Å²) < 4.78 is 0. The van der Waals surface area contributed by atoms with Crippen LogP contribution in [-0.2, 0) is 16.0 Å². The molecule has 5 heteroatoms. The zero-order valence-corrected chi connectivity index (χ0v) is 15.0. The maximum atomic E-state index is 11.9. The minimum absolute atomic E-state index is 0.0985. The van der Waals surface area contributed by atoms with Crippen molar-refractivity contribution in [1.82, 2.24) is 4.90 Å². The maximum absolute atomic E-state index is 11.9. The first-order valence-corrected chi connectivity index (χ1v) is 9.08. The molecule has 0 radical (unpaired) electrons. The monoisotopic (exact) mass is 335 g/mol. The number of carboxylic acids is 1. The highest BCUT2D eigenvalue weighted by molar-refractivity contribution is 8.00. The van der Waals surface area contributed by atoms with E-state index in [0.29, 0.717) is 11.7 Å². The molecule has 0 saturated carbocycles. The van der Waals surface area contributed by atoms with Gasteiger partial charge in [-0.25, -0.2) is 4.79 Å². The van der Waals surface area contributed by atoms with Crippen LogP contribution in [0, 0.1) is 5.92 Å². The summed E-state index contributed by atoms with van der Waals surface area (Å²) in [5.41, 5.74) is 2.45. The topological polar surface area (TPSA) is 57.6 Å². The number of nitrogens with zero attached hydrogens (tertiary/aromatic N) is 1. The molecule has 1 heterocycles. The van der Waals surface area contributed by atoms with E-state index >= 15 is 0 Å². The van der Waals surface area contributed by atoms with Crippen LogP contribution in [0.2, 0.25) is 0 Å². The van der Waals surface area contributed by atoms with Crippen molar-refractivity contribution >= 4 is 23.6 Å². The average Bonchev–Trinajstić information content (AvgIpc) is 2.92. The van der Waals surface area contributed by atoms with Crippen LogP contribution in [-0.4, -0.2) is 39.1 Å². The third-order valence-corrected chi connectivity index (χ3v) is 5.75. The predicted molar refractivity (Wildman–Crippen MR) is 93.6 cm³/mol. The predicted octanol–water partition coefficient (Wildman–Crippen LogP) is 3.36. The Morgan fingerprint density at radius 1 is 1.26 bits per heavy atom. The Balaban J connectivity index is 2.17. The summed E-state index contributed by atoms with van der Waals surface area (Å²) in [4.78, 5) is 24.8. The van der Waals surface area contributed by atoms with E-state index in [4.69, 9.17) is 0 Å². The first-order valence-electron chi connectivity index (χ1n) is 8.03. The molecule has 4 nitrogen and oxygen atoms in total. The summed E-state index contributed by atoms with van der Waals surface area (Å²) in [6, 6.07) is 7.77. The van der Waals surface area contributed by atoms with Gasteiger partial charge in [0.15, 0.2) is 0 Å². The number of carboxylic acid groups (broad SMARTS) is 1. The van der Waals surface area contributed by atoms with Crippen molar-refractivity contribution in [3.05, 3.63) is 35.4 Å². The molecule has 1 saturated heterocycles. The minimum Gasteiger partial charge on any atom is -0.480 e. The Hall–Kier alpha value is -1.49. The lowest BCUT2D eigenvalue weighted by Gasteiger charge is -2.30. The van der Waals surface area contributed by atoms with Gasteiger partial charge >= 0.3 is 5.97 Å². The lowest BCUT2D eigenvalue weighted by atomic mass is 9.96. The molecule has 1 amide bonds. The second-order valence-corrected chi connectivity index (χ2v) is 7.78. The summed E-state index contributed by atoms with van der Waals surface area (Å²) in [5.74, 6) is 0.0786. The highest BCUT2D eigenvalue weighted by Gasteiger charge is 2.42. The van der Waals surface area contributed by atoms with E-state index in [0.717, 1.165) is 12.0 Å². The van der Waals surface area contributed by atoms with Gasteiger partial charge in [-0.3, -0.25) is 4.79 Å². The molecular weight excluding hydrogens is 310 g/mol. The largest absolute Gasteiger partial charge is 0.480 e. The molecule has 23 heavy (non-hydrogen) atoms. The Morgan fingerprint density at radius 2 is 1.87 bits per heavy atom.